The van der Waals surface area contributed by atoms with Gasteiger partial charge in [-0.3, -0.25) is 0 Å². The van der Waals surface area contributed by atoms with Crippen LogP contribution in [0.15, 0.2) is 66.9 Å². The third kappa shape index (κ3) is 2.11. The Morgan fingerprint density at radius 3 is 1.94 bits per heavy atom. The monoisotopic (exact) mass is 233 g/mol. The van der Waals surface area contributed by atoms with Crippen molar-refractivity contribution in [2.75, 3.05) is 0 Å². The van der Waals surface area contributed by atoms with E-state index in [0.29, 0.717) is 0 Å². The lowest BCUT2D eigenvalue weighted by Crippen LogP contribution is -1.88. The molecule has 0 aliphatic carbocycles. The van der Waals surface area contributed by atoms with Gasteiger partial charge in [0.15, 0.2) is 0 Å². The molecule has 0 radical (unpaired) electrons. The van der Waals surface area contributed by atoms with Gasteiger partial charge in [-0.05, 0) is 22.4 Å². The van der Waals surface area contributed by atoms with Crippen molar-refractivity contribution in [1.82, 2.24) is 15.4 Å². The third-order valence-electron chi connectivity index (χ3n) is 2.79. The summed E-state index contributed by atoms with van der Waals surface area (Å²) in [6, 6.07) is 20.4. The zero-order valence-electron chi connectivity index (χ0n) is 9.69. The molecule has 0 spiro atoms. The van der Waals surface area contributed by atoms with Gasteiger partial charge in [-0.15, -0.1) is 10.2 Å². The van der Waals surface area contributed by atoms with Crippen molar-refractivity contribution in [2.24, 2.45) is 0 Å². The smallest absolute Gasteiger partial charge is 0.0963 e. The number of benzene rings is 2. The van der Waals surface area contributed by atoms with Gasteiger partial charge in [-0.2, -0.15) is 0 Å². The summed E-state index contributed by atoms with van der Waals surface area (Å²) in [5, 5.41) is 11.3. The molecule has 0 aliphatic rings. The molecule has 2 aromatic carbocycles. The molecule has 0 bridgehead atoms. The molecular formula is C15H11N3. The molecule has 0 saturated carbocycles. The summed E-state index contributed by atoms with van der Waals surface area (Å²) in [5.74, 6) is 0. The fraction of sp³-hybridized carbons (Fsp3) is 0. The first-order valence-electron chi connectivity index (χ1n) is 5.74. The van der Waals surface area contributed by atoms with Crippen molar-refractivity contribution >= 4 is 0 Å². The quantitative estimate of drug-likeness (QED) is 0.682. The van der Waals surface area contributed by atoms with E-state index in [9.17, 15) is 0 Å². The molecule has 0 aliphatic heterocycles. The van der Waals surface area contributed by atoms with Crippen LogP contribution in [0, 0.1) is 0 Å². The van der Waals surface area contributed by atoms with Crippen molar-refractivity contribution in [3.8, 4) is 22.4 Å². The highest BCUT2D eigenvalue weighted by Gasteiger charge is 2.00. The lowest BCUT2D eigenvalue weighted by molar-refractivity contribution is 0.870. The van der Waals surface area contributed by atoms with Crippen LogP contribution >= 0.6 is 0 Å². The summed E-state index contributed by atoms with van der Waals surface area (Å²) in [5.41, 5.74) is 4.29. The average molecular weight is 233 g/mol. The minimum atomic E-state index is 0.838. The molecule has 3 nitrogen and oxygen atoms in total. The van der Waals surface area contributed by atoms with Crippen LogP contribution in [0.2, 0.25) is 0 Å². The normalized spacial score (nSPS) is 10.2. The molecule has 1 aromatic heterocycles. The molecule has 3 rings (SSSR count). The van der Waals surface area contributed by atoms with E-state index < -0.39 is 0 Å². The van der Waals surface area contributed by atoms with E-state index in [2.05, 4.69) is 39.7 Å². The lowest BCUT2D eigenvalue weighted by atomic mass is 10.0. The fourth-order valence-electron chi connectivity index (χ4n) is 1.86. The minimum absolute atomic E-state index is 0.838. The predicted octanol–water partition coefficient (Wildman–Crippen LogP) is 3.21. The highest BCUT2D eigenvalue weighted by molar-refractivity contribution is 5.68. The maximum Gasteiger partial charge on any atom is 0.0963 e. The Morgan fingerprint density at radius 2 is 1.28 bits per heavy atom. The van der Waals surface area contributed by atoms with Crippen LogP contribution in [0.5, 0.6) is 0 Å². The van der Waals surface area contributed by atoms with Gasteiger partial charge in [0.25, 0.3) is 0 Å². The molecule has 0 saturated heterocycles. The number of rotatable bonds is 2. The number of aromatic nitrogens is 3. The first-order valence-corrected chi connectivity index (χ1v) is 5.74. The Morgan fingerprint density at radius 1 is 0.611 bits per heavy atom. The summed E-state index contributed by atoms with van der Waals surface area (Å²) < 4.78 is 0. The predicted molar refractivity (Wildman–Crippen MR) is 70.7 cm³/mol. The molecule has 0 N–H and O–H groups in total. The Kier molecular flexibility index (Phi) is 2.80. The zero-order chi connectivity index (χ0) is 12.2. The van der Waals surface area contributed by atoms with E-state index in [1.54, 1.807) is 6.20 Å². The second-order valence-corrected chi connectivity index (χ2v) is 3.95. The summed E-state index contributed by atoms with van der Waals surface area (Å²) in [6.45, 7) is 0. The average Bonchev–Trinajstić information content (AvgIpc) is 2.49. The van der Waals surface area contributed by atoms with Gasteiger partial charge in [-0.25, -0.2) is 0 Å². The van der Waals surface area contributed by atoms with Crippen molar-refractivity contribution in [3.05, 3.63) is 66.9 Å². The highest BCUT2D eigenvalue weighted by Crippen LogP contribution is 2.22. The second kappa shape index (κ2) is 4.75. The molecule has 18 heavy (non-hydrogen) atoms. The summed E-state index contributed by atoms with van der Waals surface area (Å²) >= 11 is 0. The molecule has 0 amide bonds. The molecule has 0 fully saturated rings. The Hall–Kier alpha value is -2.55. The number of nitrogens with zero attached hydrogens (tertiary/aromatic N) is 3. The molecule has 86 valence electrons. The van der Waals surface area contributed by atoms with Crippen LogP contribution < -0.4 is 0 Å². The zero-order valence-corrected chi connectivity index (χ0v) is 9.69. The van der Waals surface area contributed by atoms with Gasteiger partial charge in [0.1, 0.15) is 0 Å². The first kappa shape index (κ1) is 10.6. The first-order chi connectivity index (χ1) is 8.93. The Bertz CT molecular complexity index is 560. The van der Waals surface area contributed by atoms with Crippen LogP contribution in [0.4, 0.5) is 0 Å². The lowest BCUT2D eigenvalue weighted by Gasteiger charge is -2.03. The van der Waals surface area contributed by atoms with Gasteiger partial charge in [-0.1, -0.05) is 54.6 Å². The molecule has 3 heteroatoms. The molecule has 3 aromatic rings. The van der Waals surface area contributed by atoms with Crippen LogP contribution in [0.1, 0.15) is 0 Å². The van der Waals surface area contributed by atoms with E-state index in [-0.39, 0.29) is 0 Å². The largest absolute Gasteiger partial charge is 0.139 e. The van der Waals surface area contributed by atoms with E-state index in [4.69, 9.17) is 0 Å². The minimum Gasteiger partial charge on any atom is -0.139 e. The third-order valence-corrected chi connectivity index (χ3v) is 2.79. The fourth-order valence-corrected chi connectivity index (χ4v) is 1.86. The van der Waals surface area contributed by atoms with Crippen LogP contribution in [-0.2, 0) is 0 Å². The van der Waals surface area contributed by atoms with Crippen LogP contribution in [0.25, 0.3) is 22.4 Å². The molecule has 0 atom stereocenters. The standard InChI is InChI=1S/C15H11N3/c1-2-4-12(5-3-1)13-6-8-14(9-7-13)15-10-11-16-18-17-15/h1-11H. The maximum atomic E-state index is 3.99. The van der Waals surface area contributed by atoms with E-state index in [1.165, 1.54) is 11.1 Å². The van der Waals surface area contributed by atoms with Gasteiger partial charge in [0, 0.05) is 5.56 Å². The van der Waals surface area contributed by atoms with Gasteiger partial charge in [0.2, 0.25) is 0 Å². The van der Waals surface area contributed by atoms with Crippen molar-refractivity contribution < 1.29 is 0 Å². The van der Waals surface area contributed by atoms with E-state index >= 15 is 0 Å². The van der Waals surface area contributed by atoms with Crippen LogP contribution in [-0.4, -0.2) is 15.4 Å². The Labute approximate surface area is 105 Å². The second-order valence-electron chi connectivity index (χ2n) is 3.95. The topological polar surface area (TPSA) is 38.7 Å². The molecular weight excluding hydrogens is 222 g/mol. The van der Waals surface area contributed by atoms with E-state index in [0.717, 1.165) is 11.3 Å². The summed E-state index contributed by atoms with van der Waals surface area (Å²) in [7, 11) is 0. The Balaban J connectivity index is 1.95. The van der Waals surface area contributed by atoms with Crippen molar-refractivity contribution in [2.45, 2.75) is 0 Å². The molecule has 1 heterocycles. The van der Waals surface area contributed by atoms with Crippen molar-refractivity contribution in [1.29, 1.82) is 0 Å². The SMILES string of the molecule is c1ccc(-c2ccc(-c3ccnnn3)cc2)cc1. The molecule has 0 unspecified atom stereocenters. The number of hydrogen-bond acceptors (Lipinski definition) is 3. The number of hydrogen-bond donors (Lipinski definition) is 0. The van der Waals surface area contributed by atoms with Gasteiger partial charge in [0.05, 0.1) is 11.9 Å². The maximum absolute atomic E-state index is 3.99. The summed E-state index contributed by atoms with van der Waals surface area (Å²) in [4.78, 5) is 0. The van der Waals surface area contributed by atoms with Gasteiger partial charge >= 0.3 is 0 Å². The highest BCUT2D eigenvalue weighted by atomic mass is 15.3. The van der Waals surface area contributed by atoms with Gasteiger partial charge < -0.3 is 0 Å². The van der Waals surface area contributed by atoms with Crippen LogP contribution in [0.3, 0.4) is 0 Å². The van der Waals surface area contributed by atoms with Crippen molar-refractivity contribution in [3.63, 3.8) is 0 Å². The van der Waals surface area contributed by atoms with E-state index in [1.807, 2.05) is 36.4 Å². The summed E-state index contributed by atoms with van der Waals surface area (Å²) in [6.07, 6.45) is 1.65.